The number of halogens is 2. The Hall–Kier alpha value is -0.780. The van der Waals surface area contributed by atoms with Crippen molar-refractivity contribution >= 4 is 34.2 Å². The molecule has 0 saturated carbocycles. The van der Waals surface area contributed by atoms with E-state index in [1.54, 1.807) is 0 Å². The Kier molecular flexibility index (Phi) is 7.34. The summed E-state index contributed by atoms with van der Waals surface area (Å²) >= 11 is 3.39. The summed E-state index contributed by atoms with van der Waals surface area (Å²) in [5.74, 6) is 0.958. The number of hydrogen-bond donors (Lipinski definition) is 1. The van der Waals surface area contributed by atoms with Gasteiger partial charge in [-0.25, -0.2) is 0 Å². The van der Waals surface area contributed by atoms with E-state index in [-0.39, 0.29) is 24.4 Å². The molecule has 1 aromatic carbocycles. The number of ether oxygens (including phenoxy) is 1. The van der Waals surface area contributed by atoms with Crippen LogP contribution in [0.5, 0.6) is 5.75 Å². The fourth-order valence-corrected chi connectivity index (χ4v) is 2.55. The first-order valence-corrected chi connectivity index (χ1v) is 7.34. The smallest absolute Gasteiger partial charge is 0.226 e. The molecule has 1 atom stereocenters. The lowest BCUT2D eigenvalue weighted by molar-refractivity contribution is -0.134. The molecule has 1 amide bonds. The molecular formula is C14H20BrClN2O2. The van der Waals surface area contributed by atoms with Crippen LogP contribution in [-0.2, 0) is 4.79 Å². The summed E-state index contributed by atoms with van der Waals surface area (Å²) in [6, 6.07) is 7.92. The fraction of sp³-hybridized carbons (Fsp3) is 0.500. The van der Waals surface area contributed by atoms with Crippen LogP contribution in [0, 0.1) is 0 Å². The third-order valence-corrected chi connectivity index (χ3v) is 3.70. The zero-order valence-electron chi connectivity index (χ0n) is 11.5. The van der Waals surface area contributed by atoms with Crippen LogP contribution in [0.15, 0.2) is 28.7 Å². The molecule has 0 aromatic heterocycles. The summed E-state index contributed by atoms with van der Waals surface area (Å²) in [5.41, 5.74) is 0. The second-order valence-corrected chi connectivity index (χ2v) is 5.61. The Labute approximate surface area is 134 Å². The Morgan fingerprint density at radius 1 is 1.55 bits per heavy atom. The summed E-state index contributed by atoms with van der Waals surface area (Å²) in [4.78, 5) is 14.0. The quantitative estimate of drug-likeness (QED) is 0.893. The highest BCUT2D eigenvalue weighted by molar-refractivity contribution is 9.10. The van der Waals surface area contributed by atoms with Gasteiger partial charge in [0.15, 0.2) is 0 Å². The number of nitrogens with zero attached hydrogens (tertiary/aromatic N) is 1. The minimum atomic E-state index is 0. The van der Waals surface area contributed by atoms with Crippen molar-refractivity contribution in [3.8, 4) is 5.75 Å². The van der Waals surface area contributed by atoms with Crippen LogP contribution in [0.4, 0.5) is 0 Å². The van der Waals surface area contributed by atoms with Crippen molar-refractivity contribution in [1.82, 2.24) is 10.2 Å². The van der Waals surface area contributed by atoms with Crippen molar-refractivity contribution < 1.29 is 9.53 Å². The number of rotatable bonds is 4. The van der Waals surface area contributed by atoms with E-state index in [4.69, 9.17) is 4.74 Å². The minimum absolute atomic E-state index is 0. The summed E-state index contributed by atoms with van der Waals surface area (Å²) < 4.78 is 6.57. The number of amides is 1. The molecule has 1 saturated heterocycles. The van der Waals surface area contributed by atoms with Crippen LogP contribution in [-0.4, -0.2) is 43.1 Å². The number of carbonyl (C=O) groups excluding carboxylic acids is 1. The third kappa shape index (κ3) is 4.96. The van der Waals surface area contributed by atoms with E-state index < -0.39 is 0 Å². The first kappa shape index (κ1) is 17.3. The molecule has 1 aliphatic rings. The van der Waals surface area contributed by atoms with Gasteiger partial charge in [0, 0.05) is 30.1 Å². The molecule has 1 fully saturated rings. The van der Waals surface area contributed by atoms with Gasteiger partial charge < -0.3 is 15.0 Å². The highest BCUT2D eigenvalue weighted by Crippen LogP contribution is 2.18. The van der Waals surface area contributed by atoms with E-state index in [0.717, 1.165) is 29.9 Å². The van der Waals surface area contributed by atoms with Crippen molar-refractivity contribution in [1.29, 1.82) is 0 Å². The molecule has 0 spiro atoms. The molecule has 1 aromatic rings. The first-order chi connectivity index (χ1) is 9.16. The van der Waals surface area contributed by atoms with Crippen molar-refractivity contribution in [2.24, 2.45) is 0 Å². The topological polar surface area (TPSA) is 41.6 Å². The molecule has 4 nitrogen and oxygen atoms in total. The lowest BCUT2D eigenvalue weighted by atomic mass is 10.2. The van der Waals surface area contributed by atoms with Crippen LogP contribution in [0.2, 0.25) is 0 Å². The predicted octanol–water partition coefficient (Wildman–Crippen LogP) is 2.46. The van der Waals surface area contributed by atoms with E-state index in [1.807, 2.05) is 29.2 Å². The van der Waals surface area contributed by atoms with Gasteiger partial charge in [0.2, 0.25) is 5.91 Å². The molecule has 0 bridgehead atoms. The van der Waals surface area contributed by atoms with Crippen LogP contribution in [0.25, 0.3) is 0 Å². The number of benzene rings is 1. The fourth-order valence-electron chi connectivity index (χ4n) is 2.17. The van der Waals surface area contributed by atoms with Gasteiger partial charge >= 0.3 is 0 Å². The van der Waals surface area contributed by atoms with E-state index >= 15 is 0 Å². The standard InChI is InChI=1S/C14H19BrN2O2.ClH/c1-11-10-16-6-7-17(11)14(18)5-8-19-13-4-2-3-12(15)9-13;/h2-4,9,11,16H,5-8,10H2,1H3;1H. The zero-order valence-corrected chi connectivity index (χ0v) is 13.9. The van der Waals surface area contributed by atoms with E-state index in [9.17, 15) is 4.79 Å². The van der Waals surface area contributed by atoms with Crippen molar-refractivity contribution in [3.05, 3.63) is 28.7 Å². The van der Waals surface area contributed by atoms with Crippen LogP contribution < -0.4 is 10.1 Å². The molecule has 20 heavy (non-hydrogen) atoms. The summed E-state index contributed by atoms with van der Waals surface area (Å²) in [7, 11) is 0. The second kappa shape index (κ2) is 8.49. The van der Waals surface area contributed by atoms with Crippen molar-refractivity contribution in [2.75, 3.05) is 26.2 Å². The first-order valence-electron chi connectivity index (χ1n) is 6.55. The Bertz CT molecular complexity index is 445. The largest absolute Gasteiger partial charge is 0.493 e. The average molecular weight is 364 g/mol. The van der Waals surface area contributed by atoms with Crippen molar-refractivity contribution in [3.63, 3.8) is 0 Å². The minimum Gasteiger partial charge on any atom is -0.493 e. The number of hydrogen-bond acceptors (Lipinski definition) is 3. The lowest BCUT2D eigenvalue weighted by Gasteiger charge is -2.34. The van der Waals surface area contributed by atoms with Gasteiger partial charge in [-0.1, -0.05) is 22.0 Å². The van der Waals surface area contributed by atoms with Gasteiger partial charge in [-0.3, -0.25) is 4.79 Å². The molecule has 1 heterocycles. The Morgan fingerprint density at radius 2 is 2.35 bits per heavy atom. The summed E-state index contributed by atoms with van der Waals surface area (Å²) in [6.07, 6.45) is 0.427. The van der Waals surface area contributed by atoms with Gasteiger partial charge in [-0.2, -0.15) is 0 Å². The summed E-state index contributed by atoms with van der Waals surface area (Å²) in [6.45, 7) is 5.03. The van der Waals surface area contributed by atoms with Crippen LogP contribution >= 0.6 is 28.3 Å². The van der Waals surface area contributed by atoms with E-state index in [2.05, 4.69) is 28.2 Å². The molecule has 0 radical (unpaired) electrons. The molecule has 2 rings (SSSR count). The monoisotopic (exact) mass is 362 g/mol. The Balaban J connectivity index is 0.00000200. The van der Waals surface area contributed by atoms with Crippen LogP contribution in [0.3, 0.4) is 0 Å². The summed E-state index contributed by atoms with van der Waals surface area (Å²) in [5, 5.41) is 3.28. The maximum atomic E-state index is 12.1. The molecule has 1 aliphatic heterocycles. The van der Waals surface area contributed by atoms with Crippen molar-refractivity contribution in [2.45, 2.75) is 19.4 Å². The van der Waals surface area contributed by atoms with Gasteiger partial charge in [-0.15, -0.1) is 12.4 Å². The van der Waals surface area contributed by atoms with Crippen LogP contribution in [0.1, 0.15) is 13.3 Å². The van der Waals surface area contributed by atoms with Gasteiger partial charge in [0.25, 0.3) is 0 Å². The van der Waals surface area contributed by atoms with Gasteiger partial charge in [0.1, 0.15) is 5.75 Å². The molecular weight excluding hydrogens is 344 g/mol. The third-order valence-electron chi connectivity index (χ3n) is 3.20. The maximum Gasteiger partial charge on any atom is 0.226 e. The van der Waals surface area contributed by atoms with Gasteiger partial charge in [0.05, 0.1) is 13.0 Å². The maximum absolute atomic E-state index is 12.1. The van der Waals surface area contributed by atoms with E-state index in [1.165, 1.54) is 0 Å². The molecule has 1 N–H and O–H groups in total. The lowest BCUT2D eigenvalue weighted by Crippen LogP contribution is -2.52. The SMILES string of the molecule is CC1CNCCN1C(=O)CCOc1cccc(Br)c1.Cl. The average Bonchev–Trinajstić information content (AvgIpc) is 2.39. The number of carbonyl (C=O) groups is 1. The number of nitrogens with one attached hydrogen (secondary N) is 1. The zero-order chi connectivity index (χ0) is 13.7. The predicted molar refractivity (Wildman–Crippen MR) is 85.5 cm³/mol. The highest BCUT2D eigenvalue weighted by atomic mass is 79.9. The molecule has 6 heteroatoms. The molecule has 112 valence electrons. The number of piperazine rings is 1. The Morgan fingerprint density at radius 3 is 3.05 bits per heavy atom. The highest BCUT2D eigenvalue weighted by Gasteiger charge is 2.22. The normalized spacial score (nSPS) is 18.3. The molecule has 0 aliphatic carbocycles. The molecule has 1 unspecified atom stereocenters. The second-order valence-electron chi connectivity index (χ2n) is 4.70. The van der Waals surface area contributed by atoms with Gasteiger partial charge in [-0.05, 0) is 25.1 Å². The van der Waals surface area contributed by atoms with E-state index in [0.29, 0.717) is 13.0 Å².